The van der Waals surface area contributed by atoms with Gasteiger partial charge in [0.1, 0.15) is 0 Å². The Labute approximate surface area is 156 Å². The number of carbonyl (C=O) groups excluding carboxylic acids is 1. The Kier molecular flexibility index (Phi) is 5.93. The summed E-state index contributed by atoms with van der Waals surface area (Å²) >= 11 is 1.26. The first-order valence-electron chi connectivity index (χ1n) is 9.25. The third-order valence-electron chi connectivity index (χ3n) is 5.08. The van der Waals surface area contributed by atoms with E-state index in [0.717, 1.165) is 25.9 Å². The molecule has 7 nitrogen and oxygen atoms in total. The molecule has 2 N–H and O–H groups in total. The minimum absolute atomic E-state index is 0.284. The lowest BCUT2D eigenvalue weighted by atomic mass is 10.00. The van der Waals surface area contributed by atoms with Crippen molar-refractivity contribution in [1.82, 2.24) is 19.6 Å². The maximum atomic E-state index is 12.5. The predicted octanol–water partition coefficient (Wildman–Crippen LogP) is 2.15. The summed E-state index contributed by atoms with van der Waals surface area (Å²) in [6.07, 6.45) is 5.75. The summed E-state index contributed by atoms with van der Waals surface area (Å²) in [5, 5.41) is 14.5. The van der Waals surface area contributed by atoms with Gasteiger partial charge in [-0.25, -0.2) is 0 Å². The van der Waals surface area contributed by atoms with Crippen LogP contribution in [0.5, 0.6) is 5.88 Å². The molecule has 0 aliphatic carbocycles. The van der Waals surface area contributed by atoms with E-state index in [9.17, 15) is 14.7 Å². The number of hydrogen-bond acceptors (Lipinski definition) is 6. The van der Waals surface area contributed by atoms with Crippen molar-refractivity contribution in [3.05, 3.63) is 27.0 Å². The highest BCUT2D eigenvalue weighted by Crippen LogP contribution is 2.19. The quantitative estimate of drug-likeness (QED) is 0.752. The number of amides is 1. The van der Waals surface area contributed by atoms with Crippen LogP contribution in [0.25, 0.3) is 4.96 Å². The van der Waals surface area contributed by atoms with Crippen LogP contribution in [0, 0.1) is 6.92 Å². The van der Waals surface area contributed by atoms with Crippen molar-refractivity contribution in [2.45, 2.75) is 52.0 Å². The van der Waals surface area contributed by atoms with Gasteiger partial charge in [0.05, 0.1) is 0 Å². The zero-order valence-electron chi connectivity index (χ0n) is 15.3. The van der Waals surface area contributed by atoms with Crippen molar-refractivity contribution < 1.29 is 9.90 Å². The number of hydrogen-bond donors (Lipinski definition) is 2. The Morgan fingerprint density at radius 2 is 2.27 bits per heavy atom. The van der Waals surface area contributed by atoms with Gasteiger partial charge in [-0.3, -0.25) is 14.0 Å². The standard InChI is InChI=1S/C18H26N4O3S/c1-3-13-7-4-5-9-21(13)10-6-8-19-15(23)14-16(24)20-18-22(17(14)25)12(2)11-26-18/h11,13,24H,3-10H2,1-2H3,(H,19,23)/t13-/m0/s1. The molecular formula is C18H26N4O3S. The molecule has 2 aromatic rings. The second-order valence-corrected chi connectivity index (χ2v) is 7.65. The first kappa shape index (κ1) is 18.8. The third-order valence-corrected chi connectivity index (χ3v) is 6.02. The molecule has 26 heavy (non-hydrogen) atoms. The molecule has 8 heteroatoms. The second kappa shape index (κ2) is 8.18. The SMILES string of the molecule is CC[C@H]1CCCCN1CCCNC(=O)c1c(O)nc2scc(C)n2c1=O. The zero-order chi connectivity index (χ0) is 18.7. The van der Waals surface area contributed by atoms with Gasteiger partial charge < -0.3 is 15.3 Å². The van der Waals surface area contributed by atoms with Gasteiger partial charge in [0.25, 0.3) is 11.5 Å². The fraction of sp³-hybridized carbons (Fsp3) is 0.611. The number of rotatable bonds is 6. The number of carbonyl (C=O) groups is 1. The van der Waals surface area contributed by atoms with Crippen molar-refractivity contribution in [3.63, 3.8) is 0 Å². The molecule has 1 aliphatic rings. The van der Waals surface area contributed by atoms with E-state index in [1.165, 1.54) is 35.0 Å². The molecule has 1 fully saturated rings. The van der Waals surface area contributed by atoms with Crippen molar-refractivity contribution in [2.24, 2.45) is 0 Å². The lowest BCUT2D eigenvalue weighted by molar-refractivity contribution is 0.0942. The van der Waals surface area contributed by atoms with Crippen LogP contribution in [-0.2, 0) is 0 Å². The maximum absolute atomic E-state index is 12.5. The monoisotopic (exact) mass is 378 g/mol. The number of nitrogens with one attached hydrogen (secondary N) is 1. The van der Waals surface area contributed by atoms with Crippen LogP contribution in [0.3, 0.4) is 0 Å². The number of aryl methyl sites for hydroxylation is 1. The summed E-state index contributed by atoms with van der Waals surface area (Å²) in [5.74, 6) is -1.07. The third kappa shape index (κ3) is 3.76. The number of aromatic hydroxyl groups is 1. The molecule has 0 radical (unpaired) electrons. The van der Waals surface area contributed by atoms with Crippen LogP contribution in [-0.4, -0.2) is 51.0 Å². The average Bonchev–Trinajstić information content (AvgIpc) is 2.99. The highest BCUT2D eigenvalue weighted by atomic mass is 32.1. The number of thiazole rings is 1. The van der Waals surface area contributed by atoms with Crippen LogP contribution >= 0.6 is 11.3 Å². The highest BCUT2D eigenvalue weighted by Gasteiger charge is 2.22. The predicted molar refractivity (Wildman–Crippen MR) is 102 cm³/mol. The lowest BCUT2D eigenvalue weighted by Gasteiger charge is -2.35. The lowest BCUT2D eigenvalue weighted by Crippen LogP contribution is -2.41. The summed E-state index contributed by atoms with van der Waals surface area (Å²) in [4.78, 5) is 31.8. The summed E-state index contributed by atoms with van der Waals surface area (Å²) in [5.41, 5.74) is -0.105. The summed E-state index contributed by atoms with van der Waals surface area (Å²) in [6.45, 7) is 6.51. The Morgan fingerprint density at radius 1 is 1.46 bits per heavy atom. The highest BCUT2D eigenvalue weighted by molar-refractivity contribution is 7.15. The second-order valence-electron chi connectivity index (χ2n) is 6.81. The van der Waals surface area contributed by atoms with E-state index in [1.807, 2.05) is 0 Å². The molecule has 1 amide bonds. The van der Waals surface area contributed by atoms with Crippen LogP contribution in [0.2, 0.25) is 0 Å². The van der Waals surface area contributed by atoms with Crippen molar-refractivity contribution in [2.75, 3.05) is 19.6 Å². The van der Waals surface area contributed by atoms with Crippen molar-refractivity contribution in [3.8, 4) is 5.88 Å². The van der Waals surface area contributed by atoms with E-state index in [4.69, 9.17) is 0 Å². The van der Waals surface area contributed by atoms with Crippen LogP contribution in [0.4, 0.5) is 0 Å². The molecule has 2 aromatic heterocycles. The number of likely N-dealkylation sites (tertiary alicyclic amines) is 1. The summed E-state index contributed by atoms with van der Waals surface area (Å²) in [7, 11) is 0. The van der Waals surface area contributed by atoms with Crippen LogP contribution < -0.4 is 10.9 Å². The van der Waals surface area contributed by atoms with Crippen LogP contribution in [0.1, 0.15) is 55.1 Å². The van der Waals surface area contributed by atoms with Gasteiger partial charge in [0, 0.05) is 30.2 Å². The molecule has 0 bridgehead atoms. The molecule has 0 saturated carbocycles. The molecule has 0 spiro atoms. The van der Waals surface area contributed by atoms with E-state index in [1.54, 1.807) is 12.3 Å². The molecule has 0 unspecified atom stereocenters. The van der Waals surface area contributed by atoms with Crippen molar-refractivity contribution >= 4 is 22.2 Å². The van der Waals surface area contributed by atoms with E-state index in [0.29, 0.717) is 23.2 Å². The summed E-state index contributed by atoms with van der Waals surface area (Å²) < 4.78 is 1.36. The first-order valence-corrected chi connectivity index (χ1v) is 10.1. The van der Waals surface area contributed by atoms with Gasteiger partial charge in [0.2, 0.25) is 5.88 Å². The Balaban J connectivity index is 1.61. The Hall–Kier alpha value is -1.93. The Bertz CT molecular complexity index is 845. The first-order chi connectivity index (χ1) is 12.5. The Morgan fingerprint density at radius 3 is 3.04 bits per heavy atom. The molecular weight excluding hydrogens is 352 g/mol. The van der Waals surface area contributed by atoms with E-state index in [-0.39, 0.29) is 5.56 Å². The average molecular weight is 378 g/mol. The number of piperidine rings is 1. The fourth-order valence-electron chi connectivity index (χ4n) is 3.66. The van der Waals surface area contributed by atoms with Gasteiger partial charge in [-0.1, -0.05) is 13.3 Å². The van der Waals surface area contributed by atoms with Gasteiger partial charge in [-0.05, 0) is 39.2 Å². The molecule has 0 aromatic carbocycles. The minimum Gasteiger partial charge on any atom is -0.492 e. The molecule has 1 saturated heterocycles. The van der Waals surface area contributed by atoms with E-state index >= 15 is 0 Å². The van der Waals surface area contributed by atoms with Gasteiger partial charge in [0.15, 0.2) is 10.5 Å². The normalized spacial score (nSPS) is 18.3. The van der Waals surface area contributed by atoms with Gasteiger partial charge in [-0.2, -0.15) is 4.98 Å². The van der Waals surface area contributed by atoms with Crippen LogP contribution in [0.15, 0.2) is 10.2 Å². The van der Waals surface area contributed by atoms with Crippen molar-refractivity contribution in [1.29, 1.82) is 0 Å². The minimum atomic E-state index is -0.564. The number of aromatic nitrogens is 2. The van der Waals surface area contributed by atoms with Gasteiger partial charge >= 0.3 is 0 Å². The van der Waals surface area contributed by atoms with Gasteiger partial charge in [-0.15, -0.1) is 11.3 Å². The maximum Gasteiger partial charge on any atom is 0.275 e. The zero-order valence-corrected chi connectivity index (χ0v) is 16.1. The smallest absolute Gasteiger partial charge is 0.275 e. The molecule has 142 valence electrons. The molecule has 3 rings (SSSR count). The number of nitrogens with zero attached hydrogens (tertiary/aromatic N) is 3. The molecule has 1 aliphatic heterocycles. The number of fused-ring (bicyclic) bond motifs is 1. The molecule has 3 heterocycles. The van der Waals surface area contributed by atoms with E-state index in [2.05, 4.69) is 22.1 Å². The van der Waals surface area contributed by atoms with E-state index < -0.39 is 17.3 Å². The molecule has 1 atom stereocenters. The topological polar surface area (TPSA) is 86.9 Å². The summed E-state index contributed by atoms with van der Waals surface area (Å²) in [6, 6.07) is 0.640. The largest absolute Gasteiger partial charge is 0.492 e. The fourth-order valence-corrected chi connectivity index (χ4v) is 4.51.